The topological polar surface area (TPSA) is 40.5 Å². The van der Waals surface area contributed by atoms with E-state index in [4.69, 9.17) is 0 Å². The summed E-state index contributed by atoms with van der Waals surface area (Å²) < 4.78 is 0. The van der Waals surface area contributed by atoms with E-state index < -0.39 is 0 Å². The normalized spacial score (nSPS) is 18.8. The summed E-state index contributed by atoms with van der Waals surface area (Å²) in [4.78, 5) is 0. The predicted molar refractivity (Wildman–Crippen MR) is 68.5 cm³/mol. The van der Waals surface area contributed by atoms with Crippen molar-refractivity contribution < 1.29 is 10.2 Å². The Kier molecular flexibility index (Phi) is 2.29. The van der Waals surface area contributed by atoms with Crippen molar-refractivity contribution in [1.82, 2.24) is 0 Å². The molecule has 86 valence electrons. The van der Waals surface area contributed by atoms with Crippen molar-refractivity contribution in [3.63, 3.8) is 0 Å². The average Bonchev–Trinajstić information content (AvgIpc) is 2.66. The maximum atomic E-state index is 10.3. The molecule has 0 unspecified atom stereocenters. The summed E-state index contributed by atoms with van der Waals surface area (Å²) in [6.07, 6.45) is 6.44. The first-order valence-corrected chi connectivity index (χ1v) is 5.87. The van der Waals surface area contributed by atoms with Gasteiger partial charge in [0.1, 0.15) is 11.5 Å². The van der Waals surface area contributed by atoms with Gasteiger partial charge in [0.2, 0.25) is 0 Å². The molecule has 0 amide bonds. The Hall–Kier alpha value is -1.96. The van der Waals surface area contributed by atoms with Crippen LogP contribution in [0.25, 0.3) is 11.5 Å². The lowest BCUT2D eigenvalue weighted by Crippen LogP contribution is -1.93. The van der Waals surface area contributed by atoms with Crippen LogP contribution in [-0.2, 0) is 0 Å². The highest BCUT2D eigenvalue weighted by Crippen LogP contribution is 2.37. The van der Waals surface area contributed by atoms with E-state index in [1.807, 2.05) is 30.3 Å². The van der Waals surface area contributed by atoms with Crippen LogP contribution in [0.2, 0.25) is 0 Å². The third kappa shape index (κ3) is 1.57. The molecule has 0 atom stereocenters. The Morgan fingerprint density at radius 1 is 0.941 bits per heavy atom. The van der Waals surface area contributed by atoms with Gasteiger partial charge in [-0.3, -0.25) is 0 Å². The molecular formula is C15H14O2. The van der Waals surface area contributed by atoms with E-state index in [1.165, 1.54) is 0 Å². The molecule has 2 nitrogen and oxygen atoms in total. The summed E-state index contributed by atoms with van der Waals surface area (Å²) in [6.45, 7) is 0. The summed E-state index contributed by atoms with van der Waals surface area (Å²) >= 11 is 0. The Labute approximate surface area is 100 Å². The number of aliphatic hydroxyl groups excluding tert-OH is 2. The molecule has 0 aliphatic heterocycles. The van der Waals surface area contributed by atoms with E-state index >= 15 is 0 Å². The molecule has 2 aliphatic carbocycles. The van der Waals surface area contributed by atoms with Crippen molar-refractivity contribution in [2.45, 2.75) is 19.3 Å². The van der Waals surface area contributed by atoms with Gasteiger partial charge in [0.15, 0.2) is 0 Å². The minimum absolute atomic E-state index is 0.292. The molecular weight excluding hydrogens is 212 g/mol. The highest BCUT2D eigenvalue weighted by Gasteiger charge is 2.22. The van der Waals surface area contributed by atoms with E-state index in [9.17, 15) is 10.2 Å². The Balaban J connectivity index is 2.33. The van der Waals surface area contributed by atoms with Crippen LogP contribution in [0.3, 0.4) is 0 Å². The molecule has 0 spiro atoms. The average molecular weight is 226 g/mol. The summed E-state index contributed by atoms with van der Waals surface area (Å²) in [5.74, 6) is 0.631. The zero-order valence-electron chi connectivity index (χ0n) is 9.48. The minimum Gasteiger partial charge on any atom is -0.507 e. The smallest absolute Gasteiger partial charge is 0.127 e. The SMILES string of the molecule is OC1=C2C=CCCC(=C(O)c3ccccc31)C2. The van der Waals surface area contributed by atoms with Gasteiger partial charge in [-0.2, -0.15) is 0 Å². The van der Waals surface area contributed by atoms with Gasteiger partial charge in [-0.15, -0.1) is 0 Å². The van der Waals surface area contributed by atoms with Gasteiger partial charge in [-0.05, 0) is 24.0 Å². The van der Waals surface area contributed by atoms with Crippen molar-refractivity contribution >= 4 is 11.5 Å². The lowest BCUT2D eigenvalue weighted by atomic mass is 10.0. The summed E-state index contributed by atoms with van der Waals surface area (Å²) in [5, 5.41) is 20.6. The van der Waals surface area contributed by atoms with Crippen LogP contribution >= 0.6 is 0 Å². The van der Waals surface area contributed by atoms with Gasteiger partial charge >= 0.3 is 0 Å². The number of hydrogen-bond donors (Lipinski definition) is 2. The van der Waals surface area contributed by atoms with Crippen LogP contribution in [0.1, 0.15) is 30.4 Å². The van der Waals surface area contributed by atoms with Crippen LogP contribution in [0.4, 0.5) is 0 Å². The zero-order chi connectivity index (χ0) is 11.8. The van der Waals surface area contributed by atoms with Crippen molar-refractivity contribution in [2.75, 3.05) is 0 Å². The van der Waals surface area contributed by atoms with Crippen LogP contribution in [0, 0.1) is 0 Å². The number of hydrogen-bond acceptors (Lipinski definition) is 2. The zero-order valence-corrected chi connectivity index (χ0v) is 9.48. The molecule has 1 aromatic rings. The molecule has 2 N–H and O–H groups in total. The molecule has 0 fully saturated rings. The van der Waals surface area contributed by atoms with E-state index in [0.717, 1.165) is 35.1 Å². The second-order valence-corrected chi connectivity index (χ2v) is 4.49. The van der Waals surface area contributed by atoms with Gasteiger partial charge in [-0.1, -0.05) is 36.4 Å². The van der Waals surface area contributed by atoms with Crippen LogP contribution in [0.15, 0.2) is 47.6 Å². The van der Waals surface area contributed by atoms with Crippen LogP contribution in [0.5, 0.6) is 0 Å². The van der Waals surface area contributed by atoms with Gasteiger partial charge < -0.3 is 10.2 Å². The van der Waals surface area contributed by atoms with E-state index in [0.29, 0.717) is 17.9 Å². The number of aliphatic hydroxyl groups is 2. The second kappa shape index (κ2) is 3.81. The van der Waals surface area contributed by atoms with Gasteiger partial charge in [0.05, 0.1) is 0 Å². The molecule has 17 heavy (non-hydrogen) atoms. The molecule has 0 aromatic heterocycles. The van der Waals surface area contributed by atoms with Crippen molar-refractivity contribution in [2.24, 2.45) is 0 Å². The van der Waals surface area contributed by atoms with Gasteiger partial charge in [0, 0.05) is 17.5 Å². The van der Waals surface area contributed by atoms with Gasteiger partial charge in [-0.25, -0.2) is 0 Å². The van der Waals surface area contributed by atoms with Crippen molar-refractivity contribution in [1.29, 1.82) is 0 Å². The predicted octanol–water partition coefficient (Wildman–Crippen LogP) is 3.98. The number of allylic oxidation sites excluding steroid dienone is 4. The lowest BCUT2D eigenvalue weighted by molar-refractivity contribution is 0.499. The fraction of sp³-hybridized carbons (Fsp3) is 0.200. The molecule has 0 saturated carbocycles. The fourth-order valence-electron chi connectivity index (χ4n) is 2.48. The third-order valence-corrected chi connectivity index (χ3v) is 3.41. The van der Waals surface area contributed by atoms with E-state index in [1.54, 1.807) is 0 Å². The Morgan fingerprint density at radius 3 is 2.41 bits per heavy atom. The first-order chi connectivity index (χ1) is 8.27. The molecule has 1 aromatic carbocycles. The maximum absolute atomic E-state index is 10.3. The van der Waals surface area contributed by atoms with Crippen molar-refractivity contribution in [3.8, 4) is 0 Å². The third-order valence-electron chi connectivity index (χ3n) is 3.41. The molecule has 2 bridgehead atoms. The standard InChI is InChI=1S/C15H14O2/c16-14-10-5-1-2-6-11(9-10)15(17)13-8-4-3-7-12(13)14/h1,3-5,7-8,16-17H,2,6,9H2. The molecule has 3 rings (SSSR count). The van der Waals surface area contributed by atoms with E-state index in [-0.39, 0.29) is 0 Å². The Morgan fingerprint density at radius 2 is 1.65 bits per heavy atom. The number of rotatable bonds is 0. The monoisotopic (exact) mass is 226 g/mol. The fourth-order valence-corrected chi connectivity index (χ4v) is 2.48. The molecule has 0 saturated heterocycles. The number of benzene rings is 1. The van der Waals surface area contributed by atoms with Crippen LogP contribution in [-0.4, -0.2) is 10.2 Å². The Bertz CT molecular complexity index is 562. The first kappa shape index (κ1) is 10.2. The van der Waals surface area contributed by atoms with Crippen LogP contribution < -0.4 is 0 Å². The molecule has 0 heterocycles. The van der Waals surface area contributed by atoms with Gasteiger partial charge in [0.25, 0.3) is 0 Å². The minimum atomic E-state index is 0.292. The molecule has 2 heteroatoms. The largest absolute Gasteiger partial charge is 0.507 e. The molecule has 0 radical (unpaired) electrons. The molecule has 2 aliphatic rings. The quantitative estimate of drug-likeness (QED) is 0.702. The second-order valence-electron chi connectivity index (χ2n) is 4.49. The van der Waals surface area contributed by atoms with E-state index in [2.05, 4.69) is 6.08 Å². The highest BCUT2D eigenvalue weighted by molar-refractivity contribution is 5.80. The highest BCUT2D eigenvalue weighted by atomic mass is 16.3. The summed E-state index contributed by atoms with van der Waals surface area (Å²) in [7, 11) is 0. The number of fused-ring (bicyclic) bond motifs is 3. The first-order valence-electron chi connectivity index (χ1n) is 5.87. The maximum Gasteiger partial charge on any atom is 0.127 e. The summed E-state index contributed by atoms with van der Waals surface area (Å²) in [5.41, 5.74) is 3.38. The summed E-state index contributed by atoms with van der Waals surface area (Å²) in [6, 6.07) is 7.46. The van der Waals surface area contributed by atoms with Crippen molar-refractivity contribution in [3.05, 3.63) is 58.7 Å². The lowest BCUT2D eigenvalue weighted by Gasteiger charge is -2.08.